The maximum Gasteiger partial charge on any atom is 0.233 e. The van der Waals surface area contributed by atoms with Gasteiger partial charge in [-0.1, -0.05) is 103 Å². The highest BCUT2D eigenvalue weighted by Crippen LogP contribution is 2.61. The summed E-state index contributed by atoms with van der Waals surface area (Å²) in [4.78, 5) is 59.8. The fourth-order valence-electron chi connectivity index (χ4n) is 9.32. The van der Waals surface area contributed by atoms with Crippen LogP contribution in [0.3, 0.4) is 0 Å². The van der Waals surface area contributed by atoms with Gasteiger partial charge in [0.25, 0.3) is 0 Å². The first-order valence-electron chi connectivity index (χ1n) is 18.0. The first-order valence-corrected chi connectivity index (χ1v) is 18.0. The molecule has 266 valence electrons. The Morgan fingerprint density at radius 2 is 1.57 bits per heavy atom. The molecule has 2 N–H and O–H groups in total. The second-order valence-corrected chi connectivity index (χ2v) is 14.4. The number of hydrogen-bond donors (Lipinski definition) is 2. The van der Waals surface area contributed by atoms with E-state index in [0.29, 0.717) is 29.7 Å². The molecule has 1 saturated heterocycles. The highest BCUT2D eigenvalue weighted by molar-refractivity contribution is 6.31. The summed E-state index contributed by atoms with van der Waals surface area (Å²) >= 11 is 0. The lowest BCUT2D eigenvalue weighted by Crippen LogP contribution is -2.59. The molecule has 8 heteroatoms. The number of methoxy groups -OCH3 is 1. The van der Waals surface area contributed by atoms with Crippen LogP contribution in [0.15, 0.2) is 127 Å². The largest absolute Gasteiger partial charge is 0.508 e. The van der Waals surface area contributed by atoms with Gasteiger partial charge in [-0.2, -0.15) is 0 Å². The van der Waals surface area contributed by atoms with Crippen LogP contribution in [0.25, 0.3) is 11.6 Å². The second kappa shape index (κ2) is 13.5. The minimum Gasteiger partial charge on any atom is -0.508 e. The Bertz CT molecular complexity index is 2200. The van der Waals surface area contributed by atoms with E-state index in [1.54, 1.807) is 42.5 Å². The Balaban J connectivity index is 1.26. The number of phenols is 2. The lowest BCUT2D eigenvalue weighted by Gasteiger charge is -2.54. The van der Waals surface area contributed by atoms with Crippen molar-refractivity contribution in [3.05, 3.63) is 149 Å². The molecule has 8 nitrogen and oxygen atoms in total. The molecule has 0 unspecified atom stereocenters. The number of ketones is 2. The molecular formula is C45H39NO7. The van der Waals surface area contributed by atoms with Gasteiger partial charge in [-0.3, -0.25) is 24.1 Å². The summed E-state index contributed by atoms with van der Waals surface area (Å²) in [6, 6.07) is 30.4. The first kappa shape index (κ1) is 34.1. The lowest BCUT2D eigenvalue weighted by molar-refractivity contribution is -0.140. The number of hydrogen-bond acceptors (Lipinski definition) is 7. The maximum absolute atomic E-state index is 15.1. The summed E-state index contributed by atoms with van der Waals surface area (Å²) in [6.45, 7) is 0.208. The monoisotopic (exact) mass is 705 g/mol. The maximum atomic E-state index is 15.1. The third kappa shape index (κ3) is 5.60. The molecule has 0 bridgehead atoms. The summed E-state index contributed by atoms with van der Waals surface area (Å²) in [6.07, 6.45) is 8.41. The van der Waals surface area contributed by atoms with Crippen molar-refractivity contribution in [2.75, 3.05) is 13.7 Å². The SMILES string of the molecule is COc1cc(C=C[C@H]2C3=CC[C@@H]4C(=O)N(CCc5ccc(O)cc5)C(=O)[C@@H]4[C@@H]3C[C@H]3C(=O)C(c4ccccc4)=CC(=O)[C@@]23c2ccccc2)ccc1O. The average Bonchev–Trinajstić information content (AvgIpc) is 3.43. The van der Waals surface area contributed by atoms with E-state index < -0.39 is 35.0 Å². The van der Waals surface area contributed by atoms with Crippen LogP contribution >= 0.6 is 0 Å². The number of carbonyl (C=O) groups is 4. The summed E-state index contributed by atoms with van der Waals surface area (Å²) in [5, 5.41) is 20.0. The van der Waals surface area contributed by atoms with Crippen LogP contribution in [0.5, 0.6) is 17.2 Å². The van der Waals surface area contributed by atoms with Gasteiger partial charge >= 0.3 is 0 Å². The Kier molecular flexibility index (Phi) is 8.69. The average molecular weight is 706 g/mol. The number of likely N-dealkylation sites (tertiary alicyclic amines) is 1. The van der Waals surface area contributed by atoms with Crippen molar-refractivity contribution in [2.24, 2.45) is 29.6 Å². The van der Waals surface area contributed by atoms with E-state index in [-0.39, 0.29) is 47.8 Å². The summed E-state index contributed by atoms with van der Waals surface area (Å²) < 4.78 is 5.37. The van der Waals surface area contributed by atoms with Gasteiger partial charge in [-0.25, -0.2) is 0 Å². The standard InChI is InChI=1S/C45H39NO7/c1-53-39-24-28(15-21-38(39)48)14-20-36-32-18-19-33-41(44(52)46(43(33)51)23-22-27-12-16-31(47)17-13-27)35(32)25-37-42(50)34(29-8-4-2-5-9-29)26-40(49)45(36,37)30-10-6-3-7-11-30/h2-18,20-21,24,26,33,35-37,41,47-48H,19,22-23,25H2,1H3/t33-,35+,36-,37-,41-,45-/m0/s1. The lowest BCUT2D eigenvalue weighted by atomic mass is 9.45. The van der Waals surface area contributed by atoms with Crippen LogP contribution in [-0.2, 0) is 31.0 Å². The molecule has 3 aliphatic carbocycles. The number of rotatable bonds is 8. The molecule has 1 aliphatic heterocycles. The third-order valence-corrected chi connectivity index (χ3v) is 11.8. The Morgan fingerprint density at radius 3 is 2.28 bits per heavy atom. The zero-order valence-corrected chi connectivity index (χ0v) is 29.2. The van der Waals surface area contributed by atoms with Gasteiger partial charge in [0, 0.05) is 24.0 Å². The molecule has 0 aromatic heterocycles. The van der Waals surface area contributed by atoms with Crippen LogP contribution in [0.4, 0.5) is 0 Å². The molecule has 6 atom stereocenters. The van der Waals surface area contributed by atoms with Gasteiger partial charge in [0.15, 0.2) is 23.1 Å². The molecule has 8 rings (SSSR count). The van der Waals surface area contributed by atoms with E-state index in [1.807, 2.05) is 78.9 Å². The molecule has 53 heavy (non-hydrogen) atoms. The van der Waals surface area contributed by atoms with E-state index in [0.717, 1.165) is 22.3 Å². The number of allylic oxidation sites excluding steroid dienone is 5. The number of amides is 2. The van der Waals surface area contributed by atoms with E-state index in [2.05, 4.69) is 0 Å². The minimum absolute atomic E-state index is 0.00440. The smallest absolute Gasteiger partial charge is 0.233 e. The molecular weight excluding hydrogens is 666 g/mol. The topological polar surface area (TPSA) is 121 Å². The van der Waals surface area contributed by atoms with Crippen LogP contribution in [0, 0.1) is 29.6 Å². The third-order valence-electron chi connectivity index (χ3n) is 11.8. The molecule has 4 aromatic rings. The highest BCUT2D eigenvalue weighted by Gasteiger charge is 2.65. The van der Waals surface area contributed by atoms with Gasteiger partial charge < -0.3 is 14.9 Å². The van der Waals surface area contributed by atoms with Gasteiger partial charge in [-0.05, 0) is 77.8 Å². The highest BCUT2D eigenvalue weighted by atomic mass is 16.5. The Hall–Kier alpha value is -6.02. The van der Waals surface area contributed by atoms with Crippen molar-refractivity contribution >= 4 is 35.0 Å². The first-order chi connectivity index (χ1) is 25.7. The van der Waals surface area contributed by atoms with Crippen molar-refractivity contribution in [1.29, 1.82) is 0 Å². The zero-order valence-electron chi connectivity index (χ0n) is 29.2. The normalized spacial score (nSPS) is 26.5. The molecule has 4 aliphatic rings. The van der Waals surface area contributed by atoms with Gasteiger partial charge in [-0.15, -0.1) is 0 Å². The molecule has 0 spiro atoms. The summed E-state index contributed by atoms with van der Waals surface area (Å²) in [7, 11) is 1.48. The fourth-order valence-corrected chi connectivity index (χ4v) is 9.32. The molecule has 2 fully saturated rings. The van der Waals surface area contributed by atoms with E-state index in [9.17, 15) is 24.6 Å². The number of nitrogens with zero attached hydrogens (tertiary/aromatic N) is 1. The predicted octanol–water partition coefficient (Wildman–Crippen LogP) is 6.72. The van der Waals surface area contributed by atoms with Crippen molar-refractivity contribution in [3.8, 4) is 17.2 Å². The number of aromatic hydroxyl groups is 2. The molecule has 1 saturated carbocycles. The molecule has 2 amide bonds. The van der Waals surface area contributed by atoms with E-state index in [1.165, 1.54) is 18.1 Å². The quantitative estimate of drug-likeness (QED) is 0.154. The number of Topliss-reactive ketones (excluding diaryl/α,β-unsaturated/α-hetero) is 1. The number of imide groups is 1. The summed E-state index contributed by atoms with van der Waals surface area (Å²) in [5.74, 6) is -3.52. The van der Waals surface area contributed by atoms with Crippen LogP contribution < -0.4 is 4.74 Å². The van der Waals surface area contributed by atoms with Crippen molar-refractivity contribution in [3.63, 3.8) is 0 Å². The van der Waals surface area contributed by atoms with Crippen molar-refractivity contribution < 1.29 is 34.1 Å². The van der Waals surface area contributed by atoms with Crippen LogP contribution in [0.1, 0.15) is 35.1 Å². The molecule has 4 aromatic carbocycles. The Labute approximate surface area is 307 Å². The molecule has 0 radical (unpaired) electrons. The van der Waals surface area contributed by atoms with Crippen LogP contribution in [-0.4, -0.2) is 52.1 Å². The summed E-state index contributed by atoms with van der Waals surface area (Å²) in [5.41, 5.74) is 2.91. The number of benzene rings is 4. The number of fused-ring (bicyclic) bond motifs is 4. The number of phenolic OH excluding ortho intramolecular Hbond substituents is 2. The van der Waals surface area contributed by atoms with Crippen molar-refractivity contribution in [2.45, 2.75) is 24.7 Å². The van der Waals surface area contributed by atoms with E-state index >= 15 is 4.79 Å². The number of ether oxygens (including phenoxy) is 1. The predicted molar refractivity (Wildman–Crippen MR) is 200 cm³/mol. The fraction of sp³-hybridized carbons (Fsp3) is 0.244. The minimum atomic E-state index is -1.31. The zero-order chi connectivity index (χ0) is 36.9. The molecule has 1 heterocycles. The van der Waals surface area contributed by atoms with Gasteiger partial charge in [0.2, 0.25) is 11.8 Å². The van der Waals surface area contributed by atoms with Crippen molar-refractivity contribution in [1.82, 2.24) is 4.90 Å². The van der Waals surface area contributed by atoms with Crippen LogP contribution in [0.2, 0.25) is 0 Å². The van der Waals surface area contributed by atoms with Gasteiger partial charge in [0.05, 0.1) is 24.4 Å². The second-order valence-electron chi connectivity index (χ2n) is 14.4. The Morgan fingerprint density at radius 1 is 0.849 bits per heavy atom. The van der Waals surface area contributed by atoms with E-state index in [4.69, 9.17) is 4.74 Å². The number of carbonyl (C=O) groups excluding carboxylic acids is 4. The van der Waals surface area contributed by atoms with Gasteiger partial charge in [0.1, 0.15) is 5.75 Å².